The minimum Gasteiger partial charge on any atom is -0.367 e. The third-order valence-corrected chi connectivity index (χ3v) is 3.29. The summed E-state index contributed by atoms with van der Waals surface area (Å²) in [5.41, 5.74) is 7.82. The summed E-state index contributed by atoms with van der Waals surface area (Å²) in [6, 6.07) is 6.13. The molecular formula is C10H11BrN4. The van der Waals surface area contributed by atoms with Gasteiger partial charge in [-0.15, -0.1) is 5.10 Å². The van der Waals surface area contributed by atoms with E-state index in [0.717, 1.165) is 4.47 Å². The summed E-state index contributed by atoms with van der Waals surface area (Å²) in [6.07, 6.45) is 1.63. The van der Waals surface area contributed by atoms with Crippen molar-refractivity contribution in [3.8, 4) is 0 Å². The van der Waals surface area contributed by atoms with E-state index in [1.165, 1.54) is 11.1 Å². The second kappa shape index (κ2) is 4.02. The van der Waals surface area contributed by atoms with Crippen molar-refractivity contribution in [1.82, 2.24) is 14.8 Å². The van der Waals surface area contributed by atoms with Crippen molar-refractivity contribution in [1.29, 1.82) is 0 Å². The highest BCUT2D eigenvalue weighted by Crippen LogP contribution is 2.21. The Morgan fingerprint density at radius 1 is 1.47 bits per heavy atom. The summed E-state index contributed by atoms with van der Waals surface area (Å²) in [4.78, 5) is 3.88. The van der Waals surface area contributed by atoms with Crippen molar-refractivity contribution in [3.63, 3.8) is 0 Å². The van der Waals surface area contributed by atoms with Crippen LogP contribution < -0.4 is 5.73 Å². The summed E-state index contributed by atoms with van der Waals surface area (Å²) in [5.74, 6) is 0.304. The van der Waals surface area contributed by atoms with Crippen LogP contribution >= 0.6 is 15.9 Å². The lowest BCUT2D eigenvalue weighted by Gasteiger charge is -2.06. The van der Waals surface area contributed by atoms with Crippen molar-refractivity contribution >= 4 is 21.9 Å². The Bertz CT molecular complexity index is 478. The van der Waals surface area contributed by atoms with Gasteiger partial charge in [0.2, 0.25) is 5.95 Å². The largest absolute Gasteiger partial charge is 0.367 e. The summed E-state index contributed by atoms with van der Waals surface area (Å²) in [7, 11) is 0. The Kier molecular flexibility index (Phi) is 2.73. The van der Waals surface area contributed by atoms with Gasteiger partial charge in [0.05, 0.1) is 6.54 Å². The molecule has 0 unspecified atom stereocenters. The van der Waals surface area contributed by atoms with Crippen molar-refractivity contribution in [2.45, 2.75) is 13.5 Å². The minimum atomic E-state index is 0.304. The van der Waals surface area contributed by atoms with Gasteiger partial charge in [0, 0.05) is 4.47 Å². The summed E-state index contributed by atoms with van der Waals surface area (Å²) in [5, 5.41) is 4.04. The van der Waals surface area contributed by atoms with E-state index in [0.29, 0.717) is 12.5 Å². The molecule has 1 aromatic heterocycles. The lowest BCUT2D eigenvalue weighted by Crippen LogP contribution is -2.02. The molecule has 5 heteroatoms. The molecule has 0 aliphatic heterocycles. The molecule has 0 fully saturated rings. The zero-order valence-electron chi connectivity index (χ0n) is 8.31. The van der Waals surface area contributed by atoms with Gasteiger partial charge < -0.3 is 5.73 Å². The molecule has 0 bridgehead atoms. The molecule has 1 heterocycles. The van der Waals surface area contributed by atoms with Crippen molar-refractivity contribution in [3.05, 3.63) is 40.1 Å². The number of halogens is 1. The molecular weight excluding hydrogens is 256 g/mol. The Morgan fingerprint density at radius 2 is 2.27 bits per heavy atom. The van der Waals surface area contributed by atoms with E-state index >= 15 is 0 Å². The Morgan fingerprint density at radius 3 is 2.93 bits per heavy atom. The molecule has 0 aliphatic rings. The number of nitrogens with zero attached hydrogens (tertiary/aromatic N) is 3. The van der Waals surface area contributed by atoms with Gasteiger partial charge in [-0.25, -0.2) is 9.67 Å². The van der Waals surface area contributed by atoms with Gasteiger partial charge in [-0.1, -0.05) is 34.1 Å². The minimum absolute atomic E-state index is 0.304. The first kappa shape index (κ1) is 10.2. The van der Waals surface area contributed by atoms with Gasteiger partial charge >= 0.3 is 0 Å². The van der Waals surface area contributed by atoms with Crippen molar-refractivity contribution in [2.75, 3.05) is 5.73 Å². The molecule has 0 saturated carbocycles. The fourth-order valence-electron chi connectivity index (χ4n) is 1.39. The maximum absolute atomic E-state index is 5.45. The number of anilines is 1. The molecule has 0 atom stereocenters. The van der Waals surface area contributed by atoms with E-state index in [1.807, 2.05) is 6.07 Å². The number of nitrogen functional groups attached to an aromatic ring is 1. The van der Waals surface area contributed by atoms with Gasteiger partial charge in [0.25, 0.3) is 0 Å². The number of rotatable bonds is 2. The maximum Gasteiger partial charge on any atom is 0.239 e. The maximum atomic E-state index is 5.45. The Balaban J connectivity index is 2.28. The van der Waals surface area contributed by atoms with Gasteiger partial charge in [-0.3, -0.25) is 0 Å². The van der Waals surface area contributed by atoms with Crippen molar-refractivity contribution in [2.24, 2.45) is 0 Å². The third-order valence-electron chi connectivity index (χ3n) is 2.16. The fraction of sp³-hybridized carbons (Fsp3) is 0.200. The normalized spacial score (nSPS) is 10.5. The zero-order valence-corrected chi connectivity index (χ0v) is 9.90. The lowest BCUT2D eigenvalue weighted by atomic mass is 10.1. The summed E-state index contributed by atoms with van der Waals surface area (Å²) in [6.45, 7) is 2.73. The van der Waals surface area contributed by atoms with Crippen molar-refractivity contribution < 1.29 is 0 Å². The first-order valence-corrected chi connectivity index (χ1v) is 5.35. The molecule has 0 saturated heterocycles. The molecule has 2 aromatic rings. The van der Waals surface area contributed by atoms with Crippen LogP contribution in [-0.4, -0.2) is 14.8 Å². The average molecular weight is 267 g/mol. The lowest BCUT2D eigenvalue weighted by molar-refractivity contribution is 0.685. The first-order valence-electron chi connectivity index (χ1n) is 4.56. The number of hydrogen-bond donors (Lipinski definition) is 1. The molecule has 78 valence electrons. The SMILES string of the molecule is Cc1cccc(Cn2cnc(N)n2)c1Br. The highest BCUT2D eigenvalue weighted by atomic mass is 79.9. The van der Waals surface area contributed by atoms with Gasteiger partial charge in [-0.2, -0.15) is 0 Å². The smallest absolute Gasteiger partial charge is 0.239 e. The highest BCUT2D eigenvalue weighted by Gasteiger charge is 2.04. The van der Waals surface area contributed by atoms with Crippen LogP contribution in [0.2, 0.25) is 0 Å². The third kappa shape index (κ3) is 2.18. The van der Waals surface area contributed by atoms with E-state index in [1.54, 1.807) is 11.0 Å². The second-order valence-electron chi connectivity index (χ2n) is 3.35. The van der Waals surface area contributed by atoms with Crippen LogP contribution in [0.15, 0.2) is 29.0 Å². The molecule has 2 rings (SSSR count). The van der Waals surface area contributed by atoms with E-state index in [-0.39, 0.29) is 0 Å². The second-order valence-corrected chi connectivity index (χ2v) is 4.14. The number of nitrogens with two attached hydrogens (primary N) is 1. The highest BCUT2D eigenvalue weighted by molar-refractivity contribution is 9.10. The molecule has 15 heavy (non-hydrogen) atoms. The van der Waals surface area contributed by atoms with Gasteiger partial charge in [-0.05, 0) is 18.1 Å². The first-order chi connectivity index (χ1) is 7.16. The topological polar surface area (TPSA) is 56.7 Å². The Labute approximate surface area is 96.3 Å². The molecule has 0 spiro atoms. The van der Waals surface area contributed by atoms with E-state index in [4.69, 9.17) is 5.73 Å². The summed E-state index contributed by atoms with van der Waals surface area (Å²) < 4.78 is 2.83. The van der Waals surface area contributed by atoms with Crippen LogP contribution in [-0.2, 0) is 6.54 Å². The average Bonchev–Trinajstić information content (AvgIpc) is 2.59. The van der Waals surface area contributed by atoms with E-state index in [2.05, 4.69) is 45.1 Å². The van der Waals surface area contributed by atoms with Crippen LogP contribution in [0, 0.1) is 6.92 Å². The van der Waals surface area contributed by atoms with E-state index in [9.17, 15) is 0 Å². The van der Waals surface area contributed by atoms with Gasteiger partial charge in [0.15, 0.2) is 0 Å². The Hall–Kier alpha value is -1.36. The van der Waals surface area contributed by atoms with Crippen LogP contribution in [0.5, 0.6) is 0 Å². The molecule has 0 amide bonds. The number of aromatic nitrogens is 3. The molecule has 4 nitrogen and oxygen atoms in total. The molecule has 2 N–H and O–H groups in total. The van der Waals surface area contributed by atoms with Crippen LogP contribution in [0.3, 0.4) is 0 Å². The molecule has 0 radical (unpaired) electrons. The predicted molar refractivity (Wildman–Crippen MR) is 62.4 cm³/mol. The van der Waals surface area contributed by atoms with E-state index < -0.39 is 0 Å². The van der Waals surface area contributed by atoms with Crippen LogP contribution in [0.25, 0.3) is 0 Å². The number of aryl methyl sites for hydroxylation is 1. The number of benzene rings is 1. The fourth-order valence-corrected chi connectivity index (χ4v) is 1.78. The molecule has 0 aliphatic carbocycles. The zero-order chi connectivity index (χ0) is 10.8. The standard InChI is InChI=1S/C10H11BrN4/c1-7-3-2-4-8(9(7)11)5-15-6-13-10(12)14-15/h2-4,6H,5H2,1H3,(H2,12,14). The van der Waals surface area contributed by atoms with Crippen LogP contribution in [0.4, 0.5) is 5.95 Å². The monoisotopic (exact) mass is 266 g/mol. The predicted octanol–water partition coefficient (Wildman–Crippen LogP) is 1.98. The number of hydrogen-bond acceptors (Lipinski definition) is 3. The summed E-state index contributed by atoms with van der Waals surface area (Å²) >= 11 is 3.55. The van der Waals surface area contributed by atoms with Gasteiger partial charge in [0.1, 0.15) is 6.33 Å². The molecule has 1 aromatic carbocycles. The van der Waals surface area contributed by atoms with Crippen LogP contribution in [0.1, 0.15) is 11.1 Å². The quantitative estimate of drug-likeness (QED) is 0.905.